The minimum absolute atomic E-state index is 0.614. The molecule has 0 saturated carbocycles. The van der Waals surface area contributed by atoms with E-state index in [1.165, 1.54) is 0 Å². The Morgan fingerprint density at radius 1 is 1.50 bits per heavy atom. The molecule has 5 nitrogen and oxygen atoms in total. The first-order valence-electron chi connectivity index (χ1n) is 5.53. The molecule has 16 heavy (non-hydrogen) atoms. The molecule has 1 saturated heterocycles. The third kappa shape index (κ3) is 2.54. The van der Waals surface area contributed by atoms with Crippen LogP contribution in [-0.4, -0.2) is 42.7 Å². The van der Waals surface area contributed by atoms with Crippen molar-refractivity contribution in [2.45, 2.75) is 6.92 Å². The van der Waals surface area contributed by atoms with E-state index in [0.717, 1.165) is 38.5 Å². The zero-order chi connectivity index (χ0) is 11.4. The van der Waals surface area contributed by atoms with E-state index in [2.05, 4.69) is 25.5 Å². The van der Waals surface area contributed by atoms with Gasteiger partial charge in [0.2, 0.25) is 5.95 Å². The van der Waals surface area contributed by atoms with E-state index in [4.69, 9.17) is 11.6 Å². The van der Waals surface area contributed by atoms with Crippen molar-refractivity contribution in [2.75, 3.05) is 42.9 Å². The summed E-state index contributed by atoms with van der Waals surface area (Å²) in [4.78, 5) is 10.7. The highest BCUT2D eigenvalue weighted by Gasteiger charge is 2.15. The van der Waals surface area contributed by atoms with E-state index in [1.54, 1.807) is 6.20 Å². The molecule has 0 atom stereocenters. The minimum atomic E-state index is 0.614. The van der Waals surface area contributed by atoms with Gasteiger partial charge in [0, 0.05) is 32.7 Å². The van der Waals surface area contributed by atoms with Crippen LogP contribution in [0.5, 0.6) is 0 Å². The number of nitrogens with one attached hydrogen (secondary N) is 2. The number of rotatable bonds is 3. The van der Waals surface area contributed by atoms with Gasteiger partial charge in [-0.3, -0.25) is 0 Å². The summed E-state index contributed by atoms with van der Waals surface area (Å²) in [6.07, 6.45) is 1.66. The molecule has 2 heterocycles. The van der Waals surface area contributed by atoms with Gasteiger partial charge in [-0.2, -0.15) is 4.98 Å². The highest BCUT2D eigenvalue weighted by Crippen LogP contribution is 2.23. The first-order valence-corrected chi connectivity index (χ1v) is 5.91. The van der Waals surface area contributed by atoms with E-state index in [-0.39, 0.29) is 0 Å². The molecule has 0 radical (unpaired) electrons. The van der Waals surface area contributed by atoms with Crippen LogP contribution in [0.2, 0.25) is 5.02 Å². The predicted molar refractivity (Wildman–Crippen MR) is 66.3 cm³/mol. The molecule has 1 aliphatic rings. The highest BCUT2D eigenvalue weighted by atomic mass is 35.5. The number of piperazine rings is 1. The smallest absolute Gasteiger partial charge is 0.224 e. The lowest BCUT2D eigenvalue weighted by molar-refractivity contribution is 0.585. The molecular formula is C10H16ClN5. The molecule has 0 spiro atoms. The van der Waals surface area contributed by atoms with Crippen LogP contribution < -0.4 is 15.5 Å². The van der Waals surface area contributed by atoms with Crippen molar-refractivity contribution >= 4 is 23.4 Å². The lowest BCUT2D eigenvalue weighted by Crippen LogP contribution is -2.44. The summed E-state index contributed by atoms with van der Waals surface area (Å²) in [6, 6.07) is 0. The molecule has 0 aromatic carbocycles. The molecular weight excluding hydrogens is 226 g/mol. The second-order valence-electron chi connectivity index (χ2n) is 3.63. The van der Waals surface area contributed by atoms with Crippen LogP contribution in [0.15, 0.2) is 6.20 Å². The maximum Gasteiger partial charge on any atom is 0.224 e. The van der Waals surface area contributed by atoms with Crippen molar-refractivity contribution in [3.05, 3.63) is 11.2 Å². The van der Waals surface area contributed by atoms with Crippen LogP contribution >= 0.6 is 11.6 Å². The minimum Gasteiger partial charge on any atom is -0.354 e. The van der Waals surface area contributed by atoms with Crippen LogP contribution in [-0.2, 0) is 0 Å². The third-order valence-electron chi connectivity index (χ3n) is 2.48. The summed E-state index contributed by atoms with van der Waals surface area (Å²) < 4.78 is 0. The maximum atomic E-state index is 6.11. The van der Waals surface area contributed by atoms with E-state index in [1.807, 2.05) is 6.92 Å². The van der Waals surface area contributed by atoms with E-state index < -0.39 is 0 Å². The van der Waals surface area contributed by atoms with Gasteiger partial charge in [0.1, 0.15) is 5.02 Å². The Balaban J connectivity index is 2.19. The van der Waals surface area contributed by atoms with Gasteiger partial charge in [-0.25, -0.2) is 4.98 Å². The Hall–Kier alpha value is -1.07. The van der Waals surface area contributed by atoms with Crippen molar-refractivity contribution < 1.29 is 0 Å². The van der Waals surface area contributed by atoms with E-state index in [9.17, 15) is 0 Å². The molecule has 6 heteroatoms. The summed E-state index contributed by atoms with van der Waals surface area (Å²) in [5.74, 6) is 1.47. The van der Waals surface area contributed by atoms with Gasteiger partial charge in [-0.1, -0.05) is 11.6 Å². The number of nitrogens with zero attached hydrogens (tertiary/aromatic N) is 3. The van der Waals surface area contributed by atoms with Crippen molar-refractivity contribution in [3.8, 4) is 0 Å². The summed E-state index contributed by atoms with van der Waals surface area (Å²) in [5.41, 5.74) is 0. The Kier molecular flexibility index (Phi) is 3.79. The molecule has 88 valence electrons. The van der Waals surface area contributed by atoms with Crippen molar-refractivity contribution in [1.82, 2.24) is 15.3 Å². The van der Waals surface area contributed by atoms with Crippen LogP contribution in [0.25, 0.3) is 0 Å². The predicted octanol–water partition coefficient (Wildman–Crippen LogP) is 0.971. The molecule has 1 aliphatic heterocycles. The Morgan fingerprint density at radius 2 is 2.25 bits per heavy atom. The maximum absolute atomic E-state index is 6.11. The molecule has 0 aliphatic carbocycles. The number of anilines is 2. The van der Waals surface area contributed by atoms with Crippen LogP contribution in [0.4, 0.5) is 11.8 Å². The first-order chi connectivity index (χ1) is 7.81. The zero-order valence-electron chi connectivity index (χ0n) is 9.33. The van der Waals surface area contributed by atoms with Gasteiger partial charge in [0.25, 0.3) is 0 Å². The number of hydrogen-bond acceptors (Lipinski definition) is 5. The molecule has 0 unspecified atom stereocenters. The summed E-state index contributed by atoms with van der Waals surface area (Å²) >= 11 is 6.11. The van der Waals surface area contributed by atoms with Crippen LogP contribution in [0.3, 0.4) is 0 Å². The quantitative estimate of drug-likeness (QED) is 0.826. The fraction of sp³-hybridized carbons (Fsp3) is 0.600. The topological polar surface area (TPSA) is 53.1 Å². The van der Waals surface area contributed by atoms with Crippen LogP contribution in [0, 0.1) is 0 Å². The SMILES string of the molecule is CCNc1ncc(Cl)c(N2CCNCC2)n1. The van der Waals surface area contributed by atoms with Gasteiger partial charge < -0.3 is 15.5 Å². The number of aromatic nitrogens is 2. The van der Waals surface area contributed by atoms with Gasteiger partial charge in [-0.05, 0) is 6.92 Å². The largest absolute Gasteiger partial charge is 0.354 e. The number of halogens is 1. The fourth-order valence-corrected chi connectivity index (χ4v) is 1.91. The summed E-state index contributed by atoms with van der Waals surface area (Å²) in [6.45, 7) is 6.63. The number of hydrogen-bond donors (Lipinski definition) is 2. The van der Waals surface area contributed by atoms with Crippen molar-refractivity contribution in [3.63, 3.8) is 0 Å². The van der Waals surface area contributed by atoms with Crippen molar-refractivity contribution in [1.29, 1.82) is 0 Å². The average Bonchev–Trinajstić information content (AvgIpc) is 2.33. The van der Waals surface area contributed by atoms with Crippen LogP contribution in [0.1, 0.15) is 6.92 Å². The lowest BCUT2D eigenvalue weighted by atomic mass is 10.3. The zero-order valence-corrected chi connectivity index (χ0v) is 10.1. The van der Waals surface area contributed by atoms with E-state index >= 15 is 0 Å². The second-order valence-corrected chi connectivity index (χ2v) is 4.04. The fourth-order valence-electron chi connectivity index (χ4n) is 1.70. The highest BCUT2D eigenvalue weighted by molar-refractivity contribution is 6.32. The molecule has 0 amide bonds. The van der Waals surface area contributed by atoms with Crippen molar-refractivity contribution in [2.24, 2.45) is 0 Å². The first kappa shape index (κ1) is 11.4. The molecule has 1 aromatic rings. The molecule has 2 N–H and O–H groups in total. The monoisotopic (exact) mass is 241 g/mol. The Bertz CT molecular complexity index is 351. The molecule has 1 fully saturated rings. The standard InChI is InChI=1S/C10H16ClN5/c1-2-13-10-14-7-8(11)9(15-10)16-5-3-12-4-6-16/h7,12H,2-6H2,1H3,(H,13,14,15). The van der Waals surface area contributed by atoms with Gasteiger partial charge in [0.05, 0.1) is 6.20 Å². The lowest BCUT2D eigenvalue weighted by Gasteiger charge is -2.29. The Labute approximate surface area is 100 Å². The van der Waals surface area contributed by atoms with Gasteiger partial charge in [-0.15, -0.1) is 0 Å². The Morgan fingerprint density at radius 3 is 2.94 bits per heavy atom. The second kappa shape index (κ2) is 5.32. The molecule has 0 bridgehead atoms. The van der Waals surface area contributed by atoms with Gasteiger partial charge >= 0.3 is 0 Å². The summed E-state index contributed by atoms with van der Waals surface area (Å²) in [5, 5.41) is 7.01. The van der Waals surface area contributed by atoms with E-state index in [0.29, 0.717) is 11.0 Å². The third-order valence-corrected chi connectivity index (χ3v) is 2.74. The summed E-state index contributed by atoms with van der Waals surface area (Å²) in [7, 11) is 0. The normalized spacial score (nSPS) is 16.2. The average molecular weight is 242 g/mol. The van der Waals surface area contributed by atoms with Gasteiger partial charge in [0.15, 0.2) is 5.82 Å². The molecule has 2 rings (SSSR count). The molecule has 1 aromatic heterocycles.